The van der Waals surface area contributed by atoms with E-state index in [0.29, 0.717) is 22.3 Å². The molecule has 1 aromatic carbocycles. The number of aromatic nitrogens is 3. The lowest BCUT2D eigenvalue weighted by molar-refractivity contribution is 0.773. The zero-order valence-electron chi connectivity index (χ0n) is 9.11. The molecule has 0 aliphatic rings. The van der Waals surface area contributed by atoms with E-state index in [2.05, 4.69) is 15.2 Å². The van der Waals surface area contributed by atoms with Crippen LogP contribution in [0.1, 0.15) is 11.3 Å². The number of thioether (sulfide) groups is 1. The Kier molecular flexibility index (Phi) is 3.81. The fourth-order valence-electron chi connectivity index (χ4n) is 1.38. The quantitative estimate of drug-likeness (QED) is 0.866. The number of rotatable bonds is 3. The minimum Gasteiger partial charge on any atom is -0.298 e. The van der Waals surface area contributed by atoms with Crippen LogP contribution in [0.2, 0.25) is 5.02 Å². The van der Waals surface area contributed by atoms with Crippen molar-refractivity contribution in [1.82, 2.24) is 15.2 Å². The smallest absolute Gasteiger partial charge is 0.273 e. The molecule has 1 N–H and O–H groups in total. The monoisotopic (exact) mass is 267 g/mol. The molecule has 0 amide bonds. The Balaban J connectivity index is 2.31. The van der Waals surface area contributed by atoms with E-state index in [-0.39, 0.29) is 5.56 Å². The van der Waals surface area contributed by atoms with Gasteiger partial charge in [-0.25, -0.2) is 0 Å². The van der Waals surface area contributed by atoms with Gasteiger partial charge in [-0.15, -0.1) is 10.2 Å². The molecule has 0 aliphatic heterocycles. The minimum atomic E-state index is -0.218. The molecule has 0 saturated carbocycles. The average molecular weight is 268 g/mol. The summed E-state index contributed by atoms with van der Waals surface area (Å²) in [6, 6.07) is 7.37. The van der Waals surface area contributed by atoms with E-state index in [4.69, 9.17) is 11.6 Å². The van der Waals surface area contributed by atoms with E-state index >= 15 is 0 Å². The summed E-state index contributed by atoms with van der Waals surface area (Å²) in [5.41, 5.74) is 1.02. The van der Waals surface area contributed by atoms with Crippen molar-refractivity contribution in [3.8, 4) is 0 Å². The molecule has 0 radical (unpaired) electrons. The first-order valence-electron chi connectivity index (χ1n) is 4.94. The summed E-state index contributed by atoms with van der Waals surface area (Å²) >= 11 is 7.37. The van der Waals surface area contributed by atoms with Crippen LogP contribution >= 0.6 is 23.4 Å². The summed E-state index contributed by atoms with van der Waals surface area (Å²) in [5.74, 6) is 0. The first kappa shape index (κ1) is 12.1. The molecule has 4 nitrogen and oxygen atoms in total. The van der Waals surface area contributed by atoms with Gasteiger partial charge in [-0.2, -0.15) is 0 Å². The predicted molar refractivity (Wildman–Crippen MR) is 68.7 cm³/mol. The highest BCUT2D eigenvalue weighted by atomic mass is 35.5. The van der Waals surface area contributed by atoms with Crippen LogP contribution in [0.3, 0.4) is 0 Å². The molecule has 88 valence electrons. The predicted octanol–water partition coefficient (Wildman–Crippen LogP) is 2.13. The second-order valence-electron chi connectivity index (χ2n) is 3.38. The zero-order chi connectivity index (χ0) is 12.3. The van der Waals surface area contributed by atoms with Gasteiger partial charge in [0.25, 0.3) is 5.56 Å². The van der Waals surface area contributed by atoms with Gasteiger partial charge < -0.3 is 0 Å². The van der Waals surface area contributed by atoms with Gasteiger partial charge in [0.1, 0.15) is 5.69 Å². The van der Waals surface area contributed by atoms with Gasteiger partial charge in [0.2, 0.25) is 0 Å². The topological polar surface area (TPSA) is 58.6 Å². The lowest BCUT2D eigenvalue weighted by atomic mass is 10.1. The van der Waals surface area contributed by atoms with E-state index in [1.54, 1.807) is 6.07 Å². The number of hydrogen-bond donors (Lipinski definition) is 1. The second-order valence-corrected chi connectivity index (χ2v) is 4.58. The summed E-state index contributed by atoms with van der Waals surface area (Å²) in [5, 5.41) is 8.95. The molecule has 6 heteroatoms. The second kappa shape index (κ2) is 5.33. The van der Waals surface area contributed by atoms with Crippen molar-refractivity contribution in [3.63, 3.8) is 0 Å². The van der Waals surface area contributed by atoms with Crippen LogP contribution in [0.15, 0.2) is 34.2 Å². The summed E-state index contributed by atoms with van der Waals surface area (Å²) in [7, 11) is 0. The van der Waals surface area contributed by atoms with Crippen LogP contribution < -0.4 is 5.56 Å². The molecule has 2 aromatic rings. The first-order chi connectivity index (χ1) is 8.20. The number of aromatic amines is 1. The van der Waals surface area contributed by atoms with E-state index in [9.17, 15) is 4.79 Å². The van der Waals surface area contributed by atoms with Crippen LogP contribution in [-0.2, 0) is 6.42 Å². The number of H-pyrrole nitrogens is 1. The molecule has 0 spiro atoms. The molecule has 0 bridgehead atoms. The highest BCUT2D eigenvalue weighted by Crippen LogP contribution is 2.16. The normalized spacial score (nSPS) is 10.5. The van der Waals surface area contributed by atoms with Crippen molar-refractivity contribution in [2.75, 3.05) is 6.26 Å². The molecule has 17 heavy (non-hydrogen) atoms. The van der Waals surface area contributed by atoms with Crippen LogP contribution in [0, 0.1) is 0 Å². The maximum absolute atomic E-state index is 11.7. The van der Waals surface area contributed by atoms with Crippen LogP contribution in [0.4, 0.5) is 0 Å². The Morgan fingerprint density at radius 1 is 1.35 bits per heavy atom. The largest absolute Gasteiger partial charge is 0.298 e. The van der Waals surface area contributed by atoms with Gasteiger partial charge in [-0.1, -0.05) is 41.6 Å². The Hall–Kier alpha value is -1.33. The van der Waals surface area contributed by atoms with Crippen molar-refractivity contribution >= 4 is 23.4 Å². The number of nitrogens with one attached hydrogen (secondary N) is 1. The fourth-order valence-corrected chi connectivity index (χ4v) is 1.89. The molecule has 1 heterocycles. The zero-order valence-corrected chi connectivity index (χ0v) is 10.7. The fraction of sp³-hybridized carbons (Fsp3) is 0.182. The average Bonchev–Trinajstić information content (AvgIpc) is 2.34. The Morgan fingerprint density at radius 3 is 2.76 bits per heavy atom. The van der Waals surface area contributed by atoms with Crippen molar-refractivity contribution in [2.24, 2.45) is 0 Å². The summed E-state index contributed by atoms with van der Waals surface area (Å²) < 4.78 is 0. The van der Waals surface area contributed by atoms with Gasteiger partial charge in [-0.05, 0) is 17.9 Å². The Bertz CT molecular complexity index is 585. The van der Waals surface area contributed by atoms with Gasteiger partial charge in [0.05, 0.1) is 0 Å². The van der Waals surface area contributed by atoms with E-state index < -0.39 is 0 Å². The standard InChI is InChI=1S/C11H10ClN3OS/c1-17-11-13-10(16)9(14-15-11)6-7-4-2-3-5-8(7)12/h2-5H,6H2,1H3,(H,13,15,16). The summed E-state index contributed by atoms with van der Waals surface area (Å²) in [6.45, 7) is 0. The molecule has 2 rings (SSSR count). The van der Waals surface area contributed by atoms with Gasteiger partial charge in [0, 0.05) is 11.4 Å². The van der Waals surface area contributed by atoms with E-state index in [0.717, 1.165) is 5.56 Å². The molecule has 1 aromatic heterocycles. The van der Waals surface area contributed by atoms with E-state index in [1.807, 2.05) is 24.5 Å². The molecule has 0 saturated heterocycles. The lowest BCUT2D eigenvalue weighted by Crippen LogP contribution is -2.17. The molecular formula is C11H10ClN3OS. The van der Waals surface area contributed by atoms with Crippen LogP contribution in [0.5, 0.6) is 0 Å². The number of nitrogens with zero attached hydrogens (tertiary/aromatic N) is 2. The van der Waals surface area contributed by atoms with Crippen LogP contribution in [-0.4, -0.2) is 21.4 Å². The molecule has 0 atom stereocenters. The third-order valence-corrected chi connectivity index (χ3v) is 3.19. The SMILES string of the molecule is CSc1nnc(Cc2ccccc2Cl)c(=O)[nH]1. The molecule has 0 fully saturated rings. The lowest BCUT2D eigenvalue weighted by Gasteiger charge is -2.02. The third kappa shape index (κ3) is 2.87. The van der Waals surface area contributed by atoms with Crippen molar-refractivity contribution in [1.29, 1.82) is 0 Å². The Labute approximate surface area is 107 Å². The van der Waals surface area contributed by atoms with Crippen molar-refractivity contribution in [2.45, 2.75) is 11.6 Å². The van der Waals surface area contributed by atoms with Gasteiger partial charge in [0.15, 0.2) is 5.16 Å². The molecule has 0 aliphatic carbocycles. The van der Waals surface area contributed by atoms with E-state index in [1.165, 1.54) is 11.8 Å². The highest BCUT2D eigenvalue weighted by molar-refractivity contribution is 7.98. The maximum atomic E-state index is 11.7. The number of halogens is 1. The third-order valence-electron chi connectivity index (χ3n) is 2.25. The van der Waals surface area contributed by atoms with Crippen molar-refractivity contribution in [3.05, 3.63) is 50.9 Å². The maximum Gasteiger partial charge on any atom is 0.273 e. The summed E-state index contributed by atoms with van der Waals surface area (Å²) in [4.78, 5) is 14.4. The van der Waals surface area contributed by atoms with Gasteiger partial charge >= 0.3 is 0 Å². The molecule has 0 unspecified atom stereocenters. The Morgan fingerprint density at radius 2 is 2.12 bits per heavy atom. The number of hydrogen-bond acceptors (Lipinski definition) is 4. The summed E-state index contributed by atoms with van der Waals surface area (Å²) in [6.07, 6.45) is 2.21. The molecular weight excluding hydrogens is 258 g/mol. The minimum absolute atomic E-state index is 0.218. The number of benzene rings is 1. The van der Waals surface area contributed by atoms with Crippen LogP contribution in [0.25, 0.3) is 0 Å². The van der Waals surface area contributed by atoms with Crippen molar-refractivity contribution < 1.29 is 0 Å². The first-order valence-corrected chi connectivity index (χ1v) is 6.54. The van der Waals surface area contributed by atoms with Gasteiger partial charge in [-0.3, -0.25) is 9.78 Å². The highest BCUT2D eigenvalue weighted by Gasteiger charge is 2.07.